The molecule has 0 radical (unpaired) electrons. The lowest BCUT2D eigenvalue weighted by molar-refractivity contribution is 0.0784. The first-order valence-corrected chi connectivity index (χ1v) is 6.19. The molecule has 5 nitrogen and oxygen atoms in total. The summed E-state index contributed by atoms with van der Waals surface area (Å²) >= 11 is 4.87. The van der Waals surface area contributed by atoms with Crippen molar-refractivity contribution in [2.75, 3.05) is 20.7 Å². The average Bonchev–Trinajstić information content (AvgIpc) is 2.37. The van der Waals surface area contributed by atoms with Crippen molar-refractivity contribution >= 4 is 23.1 Å². The zero-order valence-corrected chi connectivity index (χ0v) is 12.0. The highest BCUT2D eigenvalue weighted by atomic mass is 32.1. The van der Waals surface area contributed by atoms with Crippen LogP contribution in [0.3, 0.4) is 0 Å². The summed E-state index contributed by atoms with van der Waals surface area (Å²) in [6.07, 6.45) is 0. The quantitative estimate of drug-likeness (QED) is 0.798. The fourth-order valence-corrected chi connectivity index (χ4v) is 1.68. The van der Waals surface area contributed by atoms with E-state index in [2.05, 4.69) is 0 Å². The molecule has 0 aromatic heterocycles. The number of phenolic OH excluding ortho intramolecular Hbond substituents is 1. The summed E-state index contributed by atoms with van der Waals surface area (Å²) in [4.78, 5) is 14.0. The standard InChI is InChI=1S/C13H18N2O3S/c1-8(12(14)19)7-15(2)13(17)10-5-4-9(18-3)6-11(10)16/h4-6,8,16H,7H2,1-3H3,(H2,14,19). The molecule has 0 fully saturated rings. The molecule has 1 rings (SSSR count). The van der Waals surface area contributed by atoms with Gasteiger partial charge in [-0.05, 0) is 12.1 Å². The van der Waals surface area contributed by atoms with E-state index in [0.717, 1.165) is 0 Å². The van der Waals surface area contributed by atoms with E-state index in [4.69, 9.17) is 22.7 Å². The predicted octanol–water partition coefficient (Wildman–Crippen LogP) is 1.40. The lowest BCUT2D eigenvalue weighted by Crippen LogP contribution is -2.35. The zero-order valence-electron chi connectivity index (χ0n) is 11.2. The van der Waals surface area contributed by atoms with Crippen LogP contribution in [0.5, 0.6) is 11.5 Å². The first-order valence-electron chi connectivity index (χ1n) is 5.78. The van der Waals surface area contributed by atoms with Gasteiger partial charge in [0.2, 0.25) is 0 Å². The Balaban J connectivity index is 2.85. The van der Waals surface area contributed by atoms with Gasteiger partial charge >= 0.3 is 0 Å². The van der Waals surface area contributed by atoms with Crippen LogP contribution in [-0.2, 0) is 0 Å². The predicted molar refractivity (Wildman–Crippen MR) is 77.6 cm³/mol. The Morgan fingerprint density at radius 2 is 2.21 bits per heavy atom. The number of carbonyl (C=O) groups excluding carboxylic acids is 1. The monoisotopic (exact) mass is 282 g/mol. The highest BCUT2D eigenvalue weighted by molar-refractivity contribution is 7.80. The normalized spacial score (nSPS) is 11.7. The van der Waals surface area contributed by atoms with Gasteiger partial charge in [0.1, 0.15) is 11.5 Å². The number of thiocarbonyl (C=S) groups is 1. The Morgan fingerprint density at radius 3 is 2.68 bits per heavy atom. The Kier molecular flexibility index (Phi) is 5.11. The first-order chi connectivity index (χ1) is 8.86. The average molecular weight is 282 g/mol. The van der Waals surface area contributed by atoms with E-state index >= 15 is 0 Å². The van der Waals surface area contributed by atoms with Gasteiger partial charge in [-0.2, -0.15) is 0 Å². The van der Waals surface area contributed by atoms with E-state index in [1.54, 1.807) is 13.1 Å². The number of ether oxygens (including phenoxy) is 1. The zero-order chi connectivity index (χ0) is 14.6. The smallest absolute Gasteiger partial charge is 0.257 e. The number of amides is 1. The lowest BCUT2D eigenvalue weighted by Gasteiger charge is -2.21. The molecule has 1 atom stereocenters. The summed E-state index contributed by atoms with van der Waals surface area (Å²) in [6, 6.07) is 4.55. The second-order valence-electron chi connectivity index (χ2n) is 4.37. The van der Waals surface area contributed by atoms with Crippen LogP contribution in [0, 0.1) is 5.92 Å². The summed E-state index contributed by atoms with van der Waals surface area (Å²) in [6.45, 7) is 2.25. The summed E-state index contributed by atoms with van der Waals surface area (Å²) in [7, 11) is 3.13. The van der Waals surface area contributed by atoms with Gasteiger partial charge in [-0.3, -0.25) is 4.79 Å². The third kappa shape index (κ3) is 3.82. The van der Waals surface area contributed by atoms with Crippen LogP contribution in [0.1, 0.15) is 17.3 Å². The molecule has 0 saturated carbocycles. The van der Waals surface area contributed by atoms with Crippen LogP contribution >= 0.6 is 12.2 Å². The van der Waals surface area contributed by atoms with Crippen LogP contribution in [-0.4, -0.2) is 41.6 Å². The van der Waals surface area contributed by atoms with E-state index in [-0.39, 0.29) is 23.1 Å². The van der Waals surface area contributed by atoms with Gasteiger partial charge in [-0.25, -0.2) is 0 Å². The molecule has 0 heterocycles. The summed E-state index contributed by atoms with van der Waals surface area (Å²) in [5.74, 6) is 0.0139. The molecule has 1 aromatic rings. The van der Waals surface area contributed by atoms with Gasteiger partial charge in [0.05, 0.1) is 17.7 Å². The van der Waals surface area contributed by atoms with Gasteiger partial charge in [-0.1, -0.05) is 19.1 Å². The van der Waals surface area contributed by atoms with E-state index < -0.39 is 0 Å². The van der Waals surface area contributed by atoms with Gasteiger partial charge < -0.3 is 20.5 Å². The van der Waals surface area contributed by atoms with Crippen molar-refractivity contribution < 1.29 is 14.6 Å². The van der Waals surface area contributed by atoms with Crippen molar-refractivity contribution in [3.8, 4) is 11.5 Å². The van der Waals surface area contributed by atoms with Crippen LogP contribution < -0.4 is 10.5 Å². The molecule has 1 amide bonds. The molecule has 19 heavy (non-hydrogen) atoms. The van der Waals surface area contributed by atoms with Gasteiger partial charge in [0.25, 0.3) is 5.91 Å². The van der Waals surface area contributed by atoms with Gasteiger partial charge in [-0.15, -0.1) is 0 Å². The molecule has 6 heteroatoms. The van der Waals surface area contributed by atoms with E-state index in [9.17, 15) is 9.90 Å². The van der Waals surface area contributed by atoms with Crippen LogP contribution in [0.25, 0.3) is 0 Å². The molecule has 0 saturated heterocycles. The van der Waals surface area contributed by atoms with Crippen molar-refractivity contribution in [2.24, 2.45) is 11.7 Å². The van der Waals surface area contributed by atoms with Crippen LogP contribution in [0.2, 0.25) is 0 Å². The molecule has 0 spiro atoms. The van der Waals surface area contributed by atoms with E-state index in [0.29, 0.717) is 17.3 Å². The largest absolute Gasteiger partial charge is 0.507 e. The molecule has 3 N–H and O–H groups in total. The summed E-state index contributed by atoms with van der Waals surface area (Å²) in [5.41, 5.74) is 5.74. The van der Waals surface area contributed by atoms with Crippen molar-refractivity contribution in [3.05, 3.63) is 23.8 Å². The van der Waals surface area contributed by atoms with Crippen molar-refractivity contribution in [3.63, 3.8) is 0 Å². The van der Waals surface area contributed by atoms with E-state index in [1.807, 2.05) is 6.92 Å². The van der Waals surface area contributed by atoms with Gasteiger partial charge in [0.15, 0.2) is 0 Å². The Morgan fingerprint density at radius 1 is 1.58 bits per heavy atom. The second-order valence-corrected chi connectivity index (χ2v) is 4.84. The van der Waals surface area contributed by atoms with E-state index in [1.165, 1.54) is 24.1 Å². The molecule has 0 aliphatic rings. The number of hydrogen-bond donors (Lipinski definition) is 2. The number of aromatic hydroxyl groups is 1. The fraction of sp³-hybridized carbons (Fsp3) is 0.385. The minimum atomic E-state index is -0.289. The molecule has 0 bridgehead atoms. The lowest BCUT2D eigenvalue weighted by atomic mass is 10.1. The number of nitrogens with zero attached hydrogens (tertiary/aromatic N) is 1. The third-order valence-corrected chi connectivity index (χ3v) is 3.22. The number of carbonyl (C=O) groups is 1. The van der Waals surface area contributed by atoms with Crippen LogP contribution in [0.4, 0.5) is 0 Å². The second kappa shape index (κ2) is 6.38. The maximum Gasteiger partial charge on any atom is 0.257 e. The Labute approximate surface area is 118 Å². The molecular weight excluding hydrogens is 264 g/mol. The summed E-state index contributed by atoms with van der Waals surface area (Å²) in [5, 5.41) is 9.81. The molecule has 0 aliphatic carbocycles. The number of methoxy groups -OCH3 is 1. The van der Waals surface area contributed by atoms with Crippen molar-refractivity contribution in [2.45, 2.75) is 6.92 Å². The molecule has 0 aliphatic heterocycles. The van der Waals surface area contributed by atoms with Crippen molar-refractivity contribution in [1.82, 2.24) is 4.90 Å². The maximum atomic E-state index is 12.2. The topological polar surface area (TPSA) is 75.8 Å². The molecule has 1 aromatic carbocycles. The number of phenols is 1. The van der Waals surface area contributed by atoms with Gasteiger partial charge in [0, 0.05) is 25.6 Å². The summed E-state index contributed by atoms with van der Waals surface area (Å²) < 4.78 is 4.97. The number of nitrogens with two attached hydrogens (primary N) is 1. The SMILES string of the molecule is COc1ccc(C(=O)N(C)CC(C)C(N)=S)c(O)c1. The Bertz CT molecular complexity index is 491. The maximum absolute atomic E-state index is 12.2. The fourth-order valence-electron chi connectivity index (χ4n) is 1.61. The highest BCUT2D eigenvalue weighted by Gasteiger charge is 2.18. The Hall–Kier alpha value is -1.82. The molecular formula is C13H18N2O3S. The minimum Gasteiger partial charge on any atom is -0.507 e. The third-order valence-electron chi connectivity index (χ3n) is 2.82. The molecule has 1 unspecified atom stereocenters. The minimum absolute atomic E-state index is 0.0793. The number of hydrogen-bond acceptors (Lipinski definition) is 4. The highest BCUT2D eigenvalue weighted by Crippen LogP contribution is 2.24. The molecule has 104 valence electrons. The van der Waals surface area contributed by atoms with Crippen LogP contribution in [0.15, 0.2) is 18.2 Å². The van der Waals surface area contributed by atoms with Crippen molar-refractivity contribution in [1.29, 1.82) is 0 Å². The number of rotatable bonds is 5. The first kappa shape index (κ1) is 15.2. The number of benzene rings is 1.